The minimum Gasteiger partial charge on any atom is -0.455 e. The van der Waals surface area contributed by atoms with Crippen molar-refractivity contribution in [2.24, 2.45) is 5.73 Å². The molecule has 2 unspecified atom stereocenters. The summed E-state index contributed by atoms with van der Waals surface area (Å²) in [4.78, 5) is 24.1. The van der Waals surface area contributed by atoms with Crippen LogP contribution in [0.25, 0.3) is 11.2 Å². The molecule has 13 nitrogen and oxygen atoms in total. The van der Waals surface area contributed by atoms with Crippen LogP contribution in [0.15, 0.2) is 12.7 Å². The van der Waals surface area contributed by atoms with Crippen LogP contribution in [0.2, 0.25) is 0 Å². The van der Waals surface area contributed by atoms with E-state index in [1.807, 2.05) is 0 Å². The largest absolute Gasteiger partial charge is 0.455 e. The number of hydrogen-bond acceptors (Lipinski definition) is 12. The van der Waals surface area contributed by atoms with E-state index in [0.29, 0.717) is 11.2 Å². The number of carbonyl (C=O) groups is 1. The number of rotatable bonds is 7. The Morgan fingerprint density at radius 2 is 2.17 bits per heavy atom. The number of nitrogens with two attached hydrogens (primary N) is 2. The van der Waals surface area contributed by atoms with E-state index in [1.54, 1.807) is 0 Å². The third kappa shape index (κ3) is 4.39. The highest BCUT2D eigenvalue weighted by Gasteiger charge is 2.48. The summed E-state index contributed by atoms with van der Waals surface area (Å²) < 4.78 is 34.7. The number of carbonyl (C=O) groups excluding carboxylic acids is 1. The van der Waals surface area contributed by atoms with Gasteiger partial charge in [0.25, 0.3) is 0 Å². The summed E-state index contributed by atoms with van der Waals surface area (Å²) in [6.45, 7) is 2.46. The van der Waals surface area contributed by atoms with Crippen molar-refractivity contribution in [3.63, 3.8) is 0 Å². The molecule has 1 saturated heterocycles. The third-order valence-electron chi connectivity index (χ3n) is 4.40. The maximum atomic E-state index is 12.0. The van der Waals surface area contributed by atoms with Crippen molar-refractivity contribution < 1.29 is 33.0 Å². The van der Waals surface area contributed by atoms with Gasteiger partial charge in [-0.3, -0.25) is 13.9 Å². The minimum absolute atomic E-state index is 0.160. The molecule has 5 N–H and O–H groups in total. The lowest BCUT2D eigenvalue weighted by atomic mass is 10.1. The number of anilines is 1. The molecule has 0 bridgehead atoms. The van der Waals surface area contributed by atoms with E-state index >= 15 is 0 Å². The summed E-state index contributed by atoms with van der Waals surface area (Å²) in [5, 5.41) is 10.8. The predicted octanol–water partition coefficient (Wildman–Crippen LogP) is -0.588. The molecule has 3 heterocycles. The molecule has 2 aromatic rings. The van der Waals surface area contributed by atoms with Crippen LogP contribution in [0.1, 0.15) is 13.2 Å². The minimum atomic E-state index is -3.33. The van der Waals surface area contributed by atoms with E-state index < -0.39 is 44.1 Å². The Morgan fingerprint density at radius 3 is 2.83 bits per heavy atom. The first-order valence-corrected chi connectivity index (χ1v) is 10.6. The Hall–Kier alpha value is -2.15. The van der Waals surface area contributed by atoms with E-state index in [4.69, 9.17) is 30.0 Å². The van der Waals surface area contributed by atoms with Crippen LogP contribution in [-0.2, 0) is 27.9 Å². The molecule has 160 valence electrons. The normalized spacial score (nSPS) is 27.6. The number of esters is 1. The summed E-state index contributed by atoms with van der Waals surface area (Å²) >= 11 is 0. The summed E-state index contributed by atoms with van der Waals surface area (Å²) in [5.74, 6) is -0.579. The number of aliphatic hydroxyl groups excluding tert-OH is 1. The number of nitrogen functional groups attached to an aromatic ring is 1. The fraction of sp³-hybridized carbons (Fsp3) is 0.600. The summed E-state index contributed by atoms with van der Waals surface area (Å²) in [6, 6.07) is -0.916. The molecule has 0 saturated carbocycles. The highest BCUT2D eigenvalue weighted by Crippen LogP contribution is 2.44. The Kier molecular flexibility index (Phi) is 6.17. The molecule has 1 fully saturated rings. The quantitative estimate of drug-likeness (QED) is 0.375. The molecular weight excluding hydrogens is 407 g/mol. The Balaban J connectivity index is 1.89. The number of imidazole rings is 1. The Labute approximate surface area is 165 Å². The van der Waals surface area contributed by atoms with Crippen LogP contribution in [-0.4, -0.2) is 75.3 Å². The van der Waals surface area contributed by atoms with E-state index in [1.165, 1.54) is 37.9 Å². The number of fused-ring (bicyclic) bond motifs is 1. The van der Waals surface area contributed by atoms with Crippen LogP contribution in [0.4, 0.5) is 5.82 Å². The zero-order valence-corrected chi connectivity index (χ0v) is 16.9. The molecule has 6 atom stereocenters. The molecule has 0 amide bonds. The van der Waals surface area contributed by atoms with Gasteiger partial charge in [-0.2, -0.15) is 0 Å². The molecule has 3 rings (SSSR count). The maximum absolute atomic E-state index is 12.0. The number of nitrogens with zero attached hydrogens (tertiary/aromatic N) is 4. The first kappa shape index (κ1) is 21.6. The molecule has 0 aliphatic carbocycles. The van der Waals surface area contributed by atoms with E-state index in [-0.39, 0.29) is 12.4 Å². The fourth-order valence-corrected chi connectivity index (χ4v) is 3.31. The van der Waals surface area contributed by atoms with Gasteiger partial charge in [-0.25, -0.2) is 15.0 Å². The molecule has 1 aliphatic rings. The highest BCUT2D eigenvalue weighted by atomic mass is 31.2. The van der Waals surface area contributed by atoms with E-state index in [0.717, 1.165) is 0 Å². The topological polar surface area (TPSA) is 187 Å². The second-order valence-corrected chi connectivity index (χ2v) is 8.74. The lowest BCUT2D eigenvalue weighted by molar-refractivity contribution is -0.157. The average Bonchev–Trinajstić information content (AvgIpc) is 3.23. The van der Waals surface area contributed by atoms with Crippen LogP contribution >= 0.6 is 7.60 Å². The Morgan fingerprint density at radius 1 is 1.45 bits per heavy atom. The van der Waals surface area contributed by atoms with E-state index in [2.05, 4.69) is 15.0 Å². The van der Waals surface area contributed by atoms with Crippen LogP contribution < -0.4 is 11.5 Å². The van der Waals surface area contributed by atoms with Gasteiger partial charge in [0.15, 0.2) is 23.8 Å². The molecule has 0 spiro atoms. The first-order chi connectivity index (χ1) is 13.6. The lowest BCUT2D eigenvalue weighted by Crippen LogP contribution is -2.42. The number of aliphatic hydroxyl groups is 1. The van der Waals surface area contributed by atoms with Crippen LogP contribution in [0, 0.1) is 0 Å². The molecule has 0 radical (unpaired) electrons. The molecule has 1 aliphatic heterocycles. The average molecular weight is 430 g/mol. The van der Waals surface area contributed by atoms with Crippen molar-refractivity contribution >= 4 is 30.5 Å². The van der Waals surface area contributed by atoms with Crippen molar-refractivity contribution in [2.75, 3.05) is 26.1 Å². The second kappa shape index (κ2) is 8.30. The van der Waals surface area contributed by atoms with Crippen LogP contribution in [0.3, 0.4) is 0 Å². The van der Waals surface area contributed by atoms with Crippen molar-refractivity contribution in [2.45, 2.75) is 37.5 Å². The van der Waals surface area contributed by atoms with Crippen LogP contribution in [0.5, 0.6) is 0 Å². The predicted molar refractivity (Wildman–Crippen MR) is 99.7 cm³/mol. The molecular formula is C15H23N6O7P. The second-order valence-electron chi connectivity index (χ2n) is 6.58. The van der Waals surface area contributed by atoms with Gasteiger partial charge in [0.05, 0.1) is 12.9 Å². The SMILES string of the molecule is COP(C)(=O)OC[C@H]1O[C@@H](n2cnc3c(N)ncnc32)C(O)[C@H]1OC(=O)[C@H](C)N. The summed E-state index contributed by atoms with van der Waals surface area (Å²) in [5.41, 5.74) is 12.0. The lowest BCUT2D eigenvalue weighted by Gasteiger charge is -2.22. The number of ether oxygens (including phenoxy) is 2. The standard InChI is InChI=1S/C15H23N6O7P/c1-7(16)15(23)28-11-8(4-26-29(3,24)25-2)27-14(10(11)22)21-6-20-9-12(17)18-5-19-13(9)21/h5-8,10-11,14,22H,4,16H2,1-3H3,(H2,17,18,19)/t7-,8+,10?,11-,14+,29?/m0/s1. The van der Waals surface area contributed by atoms with Crippen molar-refractivity contribution in [1.82, 2.24) is 19.5 Å². The van der Waals surface area contributed by atoms with Crippen molar-refractivity contribution in [1.29, 1.82) is 0 Å². The molecule has 29 heavy (non-hydrogen) atoms. The van der Waals surface area contributed by atoms with Crippen molar-refractivity contribution in [3.05, 3.63) is 12.7 Å². The summed E-state index contributed by atoms with van der Waals surface area (Å²) in [6.07, 6.45) is -1.84. The molecule has 0 aromatic carbocycles. The number of hydrogen-bond donors (Lipinski definition) is 3. The summed E-state index contributed by atoms with van der Waals surface area (Å²) in [7, 11) is -2.09. The maximum Gasteiger partial charge on any atom is 0.327 e. The Bertz CT molecular complexity index is 937. The third-order valence-corrected chi connectivity index (χ3v) is 5.68. The van der Waals surface area contributed by atoms with Gasteiger partial charge in [0.1, 0.15) is 30.1 Å². The van der Waals surface area contributed by atoms with Gasteiger partial charge in [0.2, 0.25) is 0 Å². The van der Waals surface area contributed by atoms with Gasteiger partial charge in [-0.05, 0) is 6.92 Å². The van der Waals surface area contributed by atoms with Gasteiger partial charge >= 0.3 is 13.6 Å². The number of aromatic nitrogens is 4. The van der Waals surface area contributed by atoms with Gasteiger partial charge in [-0.15, -0.1) is 0 Å². The van der Waals surface area contributed by atoms with Gasteiger partial charge in [0, 0.05) is 13.8 Å². The fourth-order valence-electron chi connectivity index (χ4n) is 2.79. The van der Waals surface area contributed by atoms with E-state index in [9.17, 15) is 14.5 Å². The van der Waals surface area contributed by atoms with Gasteiger partial charge in [-0.1, -0.05) is 0 Å². The smallest absolute Gasteiger partial charge is 0.327 e. The van der Waals surface area contributed by atoms with Crippen molar-refractivity contribution in [3.8, 4) is 0 Å². The van der Waals surface area contributed by atoms with Gasteiger partial charge < -0.3 is 35.1 Å². The highest BCUT2D eigenvalue weighted by molar-refractivity contribution is 7.52. The monoisotopic (exact) mass is 430 g/mol. The zero-order valence-electron chi connectivity index (χ0n) is 16.0. The first-order valence-electron chi connectivity index (χ1n) is 8.65. The zero-order chi connectivity index (χ0) is 21.3. The molecule has 2 aromatic heterocycles. The molecule has 14 heteroatoms.